The highest BCUT2D eigenvalue weighted by Crippen LogP contribution is 2.27. The molecule has 0 aliphatic heterocycles. The molecule has 8 nitrogen and oxygen atoms in total. The highest BCUT2D eigenvalue weighted by atomic mass is 32.1. The number of H-pyrrole nitrogens is 2. The van der Waals surface area contributed by atoms with Gasteiger partial charge in [-0.2, -0.15) is 10.2 Å². The molecular weight excluding hydrogens is 314 g/mol. The predicted molar refractivity (Wildman–Crippen MR) is 86.3 cm³/mol. The van der Waals surface area contributed by atoms with Gasteiger partial charge in [-0.05, 0) is 18.4 Å². The van der Waals surface area contributed by atoms with Crippen molar-refractivity contribution in [1.29, 1.82) is 0 Å². The van der Waals surface area contributed by atoms with Crippen LogP contribution in [-0.2, 0) is 12.8 Å². The number of hydrogen-bond donors (Lipinski definition) is 4. The summed E-state index contributed by atoms with van der Waals surface area (Å²) >= 11 is 1.49. The van der Waals surface area contributed by atoms with Crippen molar-refractivity contribution in [2.45, 2.75) is 25.3 Å². The Morgan fingerprint density at radius 3 is 3.09 bits per heavy atom. The number of hydrogen-bond acceptors (Lipinski definition) is 5. The zero-order valence-corrected chi connectivity index (χ0v) is 13.0. The van der Waals surface area contributed by atoms with Gasteiger partial charge in [-0.3, -0.25) is 10.2 Å². The third-order valence-corrected chi connectivity index (χ3v) is 4.68. The average Bonchev–Trinajstić information content (AvgIpc) is 3.27. The molecule has 0 radical (unpaired) electrons. The zero-order chi connectivity index (χ0) is 15.6. The van der Waals surface area contributed by atoms with Crippen molar-refractivity contribution in [2.75, 3.05) is 5.32 Å². The second kappa shape index (κ2) is 5.84. The van der Waals surface area contributed by atoms with E-state index in [4.69, 9.17) is 0 Å². The number of carbonyl (C=O) groups is 1. The molecule has 0 saturated carbocycles. The molecular formula is C14H15N7OS. The van der Waals surface area contributed by atoms with Gasteiger partial charge < -0.3 is 10.6 Å². The first-order valence-corrected chi connectivity index (χ1v) is 8.19. The lowest BCUT2D eigenvalue weighted by Crippen LogP contribution is -2.41. The first-order valence-electron chi connectivity index (χ1n) is 7.31. The number of nitrogens with one attached hydrogen (secondary N) is 4. The van der Waals surface area contributed by atoms with Crippen molar-refractivity contribution in [3.05, 3.63) is 35.2 Å². The molecule has 0 fully saturated rings. The van der Waals surface area contributed by atoms with E-state index in [-0.39, 0.29) is 12.1 Å². The van der Waals surface area contributed by atoms with E-state index in [9.17, 15) is 4.79 Å². The van der Waals surface area contributed by atoms with Crippen LogP contribution in [0, 0.1) is 0 Å². The van der Waals surface area contributed by atoms with Crippen LogP contribution in [0.25, 0.3) is 10.7 Å². The van der Waals surface area contributed by atoms with E-state index in [1.807, 2.05) is 11.6 Å². The Morgan fingerprint density at radius 2 is 2.22 bits per heavy atom. The second-order valence-corrected chi connectivity index (χ2v) is 6.30. The highest BCUT2D eigenvalue weighted by Gasteiger charge is 2.22. The second-order valence-electron chi connectivity index (χ2n) is 5.41. The number of amides is 2. The van der Waals surface area contributed by atoms with E-state index in [1.165, 1.54) is 16.9 Å². The molecule has 4 rings (SSSR count). The molecule has 3 heterocycles. The van der Waals surface area contributed by atoms with Crippen molar-refractivity contribution in [3.63, 3.8) is 0 Å². The van der Waals surface area contributed by atoms with Gasteiger partial charge in [-0.1, -0.05) is 0 Å². The SMILES string of the molecule is O=C(Nc1cn[nH]c1-c1nccs1)NC1CCc2cn[nH]c2C1. The summed E-state index contributed by atoms with van der Waals surface area (Å²) in [7, 11) is 0. The number of nitrogens with zero attached hydrogens (tertiary/aromatic N) is 3. The third-order valence-electron chi connectivity index (χ3n) is 3.89. The molecule has 1 aliphatic carbocycles. The number of urea groups is 1. The quantitative estimate of drug-likeness (QED) is 0.588. The summed E-state index contributed by atoms with van der Waals surface area (Å²) in [5.74, 6) is 0. The van der Waals surface area contributed by atoms with E-state index in [2.05, 4.69) is 36.0 Å². The number of carbonyl (C=O) groups excluding carboxylic acids is 1. The molecule has 3 aromatic heterocycles. The molecule has 9 heteroatoms. The number of aryl methyl sites for hydroxylation is 1. The van der Waals surface area contributed by atoms with E-state index in [0.29, 0.717) is 5.69 Å². The average molecular weight is 329 g/mol. The summed E-state index contributed by atoms with van der Waals surface area (Å²) in [6.45, 7) is 0. The fourth-order valence-corrected chi connectivity index (χ4v) is 3.41. The summed E-state index contributed by atoms with van der Waals surface area (Å²) in [6, 6.07) is -0.143. The van der Waals surface area contributed by atoms with Gasteiger partial charge in [0.2, 0.25) is 0 Å². The van der Waals surface area contributed by atoms with Gasteiger partial charge in [0.25, 0.3) is 0 Å². The smallest absolute Gasteiger partial charge is 0.319 e. The molecule has 1 aliphatic rings. The molecule has 4 N–H and O–H groups in total. The van der Waals surface area contributed by atoms with Crippen LogP contribution in [0.2, 0.25) is 0 Å². The first kappa shape index (κ1) is 13.9. The van der Waals surface area contributed by atoms with Gasteiger partial charge >= 0.3 is 6.03 Å². The maximum Gasteiger partial charge on any atom is 0.319 e. The fraction of sp³-hybridized carbons (Fsp3) is 0.286. The van der Waals surface area contributed by atoms with Crippen LogP contribution in [0.1, 0.15) is 17.7 Å². The van der Waals surface area contributed by atoms with Gasteiger partial charge in [-0.25, -0.2) is 9.78 Å². The number of thiazole rings is 1. The first-order chi connectivity index (χ1) is 11.3. The van der Waals surface area contributed by atoms with Gasteiger partial charge in [0.1, 0.15) is 10.7 Å². The zero-order valence-electron chi connectivity index (χ0n) is 12.2. The highest BCUT2D eigenvalue weighted by molar-refractivity contribution is 7.13. The minimum Gasteiger partial charge on any atom is -0.335 e. The molecule has 0 bridgehead atoms. The molecule has 0 aromatic carbocycles. The van der Waals surface area contributed by atoms with Crippen molar-refractivity contribution in [3.8, 4) is 10.7 Å². The summed E-state index contributed by atoms with van der Waals surface area (Å²) in [6.07, 6.45) is 7.77. The Kier molecular flexibility index (Phi) is 3.54. The van der Waals surface area contributed by atoms with Crippen molar-refractivity contribution in [1.82, 2.24) is 30.7 Å². The maximum absolute atomic E-state index is 12.2. The van der Waals surface area contributed by atoms with Crippen LogP contribution in [0.3, 0.4) is 0 Å². The Hall–Kier alpha value is -2.68. The summed E-state index contributed by atoms with van der Waals surface area (Å²) in [5, 5.41) is 22.4. The van der Waals surface area contributed by atoms with Gasteiger partial charge in [0.15, 0.2) is 0 Å². The van der Waals surface area contributed by atoms with E-state index >= 15 is 0 Å². The van der Waals surface area contributed by atoms with Gasteiger partial charge in [0, 0.05) is 29.7 Å². The Morgan fingerprint density at radius 1 is 1.30 bits per heavy atom. The lowest BCUT2D eigenvalue weighted by atomic mass is 9.94. The number of anilines is 1. The molecule has 3 aromatic rings. The number of aromatic amines is 2. The lowest BCUT2D eigenvalue weighted by Gasteiger charge is -2.22. The van der Waals surface area contributed by atoms with Crippen molar-refractivity contribution in [2.24, 2.45) is 0 Å². The summed E-state index contributed by atoms with van der Waals surface area (Å²) in [4.78, 5) is 16.5. The maximum atomic E-state index is 12.2. The topological polar surface area (TPSA) is 111 Å². The van der Waals surface area contributed by atoms with Crippen LogP contribution < -0.4 is 10.6 Å². The van der Waals surface area contributed by atoms with E-state index in [1.54, 1.807) is 12.4 Å². The minimum absolute atomic E-state index is 0.0955. The third kappa shape index (κ3) is 2.82. The molecule has 1 unspecified atom stereocenters. The molecule has 23 heavy (non-hydrogen) atoms. The van der Waals surface area contributed by atoms with E-state index in [0.717, 1.165) is 35.7 Å². The molecule has 0 saturated heterocycles. The molecule has 1 atom stereocenters. The number of aromatic nitrogens is 5. The molecule has 2 amide bonds. The van der Waals surface area contributed by atoms with Crippen molar-refractivity contribution < 1.29 is 4.79 Å². The van der Waals surface area contributed by atoms with Crippen LogP contribution in [0.15, 0.2) is 24.0 Å². The largest absolute Gasteiger partial charge is 0.335 e. The molecule has 0 spiro atoms. The van der Waals surface area contributed by atoms with Crippen molar-refractivity contribution >= 4 is 23.1 Å². The van der Waals surface area contributed by atoms with Crippen LogP contribution in [0.5, 0.6) is 0 Å². The Bertz CT molecular complexity index is 807. The normalized spacial score (nSPS) is 16.8. The lowest BCUT2D eigenvalue weighted by molar-refractivity contribution is 0.247. The predicted octanol–water partition coefficient (Wildman–Crippen LogP) is 1.94. The van der Waals surface area contributed by atoms with E-state index < -0.39 is 0 Å². The number of fused-ring (bicyclic) bond motifs is 1. The summed E-state index contributed by atoms with van der Waals surface area (Å²) < 4.78 is 0. The van der Waals surface area contributed by atoms with Crippen LogP contribution in [0.4, 0.5) is 10.5 Å². The monoisotopic (exact) mass is 329 g/mol. The van der Waals surface area contributed by atoms with Crippen LogP contribution in [-0.4, -0.2) is 37.5 Å². The Balaban J connectivity index is 1.41. The fourth-order valence-electron chi connectivity index (χ4n) is 2.77. The summed E-state index contributed by atoms with van der Waals surface area (Å²) in [5.41, 5.74) is 3.68. The Labute approximate surface area is 135 Å². The molecule has 118 valence electrons. The van der Waals surface area contributed by atoms with Gasteiger partial charge in [0.05, 0.1) is 18.1 Å². The van der Waals surface area contributed by atoms with Gasteiger partial charge in [-0.15, -0.1) is 11.3 Å². The standard InChI is InChI=1S/C14H15N7OS/c22-14(18-9-2-1-8-6-16-20-10(8)5-9)19-11-7-17-21-12(11)13-15-3-4-23-13/h3-4,6-7,9H,1-2,5H2,(H,16,20)(H,17,21)(H2,18,19,22). The van der Waals surface area contributed by atoms with Crippen LogP contribution >= 0.6 is 11.3 Å². The number of rotatable bonds is 3. The minimum atomic E-state index is -0.239.